The Bertz CT molecular complexity index is 403. The van der Waals surface area contributed by atoms with Crippen molar-refractivity contribution in [1.29, 1.82) is 0 Å². The number of rotatable bonds is 4. The Labute approximate surface area is 110 Å². The van der Waals surface area contributed by atoms with Gasteiger partial charge in [0.2, 0.25) is 0 Å². The highest BCUT2D eigenvalue weighted by molar-refractivity contribution is 5.26. The molecule has 2 aliphatic rings. The van der Waals surface area contributed by atoms with E-state index in [2.05, 4.69) is 29.2 Å². The number of likely N-dealkylation sites (tertiary alicyclic amines) is 1. The molecule has 0 spiro atoms. The molecule has 2 N–H and O–H groups in total. The Balaban J connectivity index is 1.62. The molecule has 1 saturated carbocycles. The summed E-state index contributed by atoms with van der Waals surface area (Å²) in [5.41, 5.74) is 9.21. The van der Waals surface area contributed by atoms with Gasteiger partial charge in [-0.25, -0.2) is 0 Å². The van der Waals surface area contributed by atoms with Crippen LogP contribution in [0.5, 0.6) is 0 Å². The van der Waals surface area contributed by atoms with Gasteiger partial charge in [0.05, 0.1) is 0 Å². The molecule has 1 aromatic rings. The van der Waals surface area contributed by atoms with E-state index in [1.807, 2.05) is 0 Å². The molecule has 0 atom stereocenters. The van der Waals surface area contributed by atoms with Crippen LogP contribution in [0.25, 0.3) is 0 Å². The van der Waals surface area contributed by atoms with E-state index in [0.29, 0.717) is 0 Å². The molecule has 0 bridgehead atoms. The van der Waals surface area contributed by atoms with Crippen molar-refractivity contribution in [3.8, 4) is 0 Å². The minimum Gasteiger partial charge on any atom is -0.325 e. The third kappa shape index (κ3) is 3.12. The number of nitrogens with two attached hydrogens (primary N) is 1. The molecule has 98 valence electrons. The van der Waals surface area contributed by atoms with Gasteiger partial charge < -0.3 is 5.73 Å². The van der Waals surface area contributed by atoms with Crippen molar-refractivity contribution in [2.45, 2.75) is 50.6 Å². The van der Waals surface area contributed by atoms with Crippen LogP contribution in [0.1, 0.15) is 43.2 Å². The normalized spacial score (nSPS) is 22.9. The van der Waals surface area contributed by atoms with E-state index in [9.17, 15) is 0 Å². The van der Waals surface area contributed by atoms with Crippen LogP contribution >= 0.6 is 0 Å². The molecule has 0 aromatic heterocycles. The fourth-order valence-electron chi connectivity index (χ4n) is 2.96. The van der Waals surface area contributed by atoms with Gasteiger partial charge in [-0.2, -0.15) is 0 Å². The van der Waals surface area contributed by atoms with Crippen molar-refractivity contribution in [2.24, 2.45) is 5.73 Å². The van der Waals surface area contributed by atoms with E-state index >= 15 is 0 Å². The maximum absolute atomic E-state index is 6.20. The average molecular weight is 244 g/mol. The molecule has 1 aliphatic carbocycles. The third-order valence-electron chi connectivity index (χ3n) is 4.29. The summed E-state index contributed by atoms with van der Waals surface area (Å²) >= 11 is 0. The predicted molar refractivity (Wildman–Crippen MR) is 75.4 cm³/mol. The van der Waals surface area contributed by atoms with Gasteiger partial charge in [0.1, 0.15) is 0 Å². The third-order valence-corrected chi connectivity index (χ3v) is 4.29. The van der Waals surface area contributed by atoms with Crippen LogP contribution in [0.15, 0.2) is 24.3 Å². The summed E-state index contributed by atoms with van der Waals surface area (Å²) in [6.45, 7) is 3.65. The lowest BCUT2D eigenvalue weighted by Crippen LogP contribution is -2.29. The minimum atomic E-state index is 0.129. The van der Waals surface area contributed by atoms with E-state index < -0.39 is 0 Å². The minimum absolute atomic E-state index is 0.129. The van der Waals surface area contributed by atoms with Crippen LogP contribution in [0, 0.1) is 0 Å². The van der Waals surface area contributed by atoms with Crippen molar-refractivity contribution in [2.75, 3.05) is 13.1 Å². The Morgan fingerprint density at radius 2 is 1.78 bits per heavy atom. The first kappa shape index (κ1) is 12.2. The van der Waals surface area contributed by atoms with Crippen molar-refractivity contribution in [3.05, 3.63) is 35.4 Å². The molecular weight excluding hydrogens is 220 g/mol. The first-order valence-corrected chi connectivity index (χ1v) is 7.33. The van der Waals surface area contributed by atoms with Gasteiger partial charge in [-0.15, -0.1) is 0 Å². The molecule has 2 nitrogen and oxygen atoms in total. The zero-order valence-electron chi connectivity index (χ0n) is 11.2. The molecule has 2 heteroatoms. The molecule has 2 fully saturated rings. The molecule has 18 heavy (non-hydrogen) atoms. The predicted octanol–water partition coefficient (Wildman–Crippen LogP) is 2.71. The maximum Gasteiger partial charge on any atom is 0.0233 e. The van der Waals surface area contributed by atoms with E-state index in [1.165, 1.54) is 56.3 Å². The van der Waals surface area contributed by atoms with E-state index in [0.717, 1.165) is 13.0 Å². The summed E-state index contributed by atoms with van der Waals surface area (Å²) in [6, 6.07) is 9.04. The highest BCUT2D eigenvalue weighted by atomic mass is 15.1. The summed E-state index contributed by atoms with van der Waals surface area (Å²) in [5.74, 6) is 0. The topological polar surface area (TPSA) is 29.3 Å². The Morgan fingerprint density at radius 1 is 1.06 bits per heavy atom. The van der Waals surface area contributed by atoms with Crippen LogP contribution in [-0.2, 0) is 13.0 Å². The SMILES string of the molecule is NC1(Cc2cccc(CN3CCCCC3)c2)CC1. The van der Waals surface area contributed by atoms with Gasteiger partial charge in [-0.05, 0) is 56.3 Å². The molecule has 3 rings (SSSR count). The first-order chi connectivity index (χ1) is 8.73. The molecule has 1 saturated heterocycles. The summed E-state index contributed by atoms with van der Waals surface area (Å²) in [6.07, 6.45) is 7.59. The van der Waals surface area contributed by atoms with Gasteiger partial charge in [-0.3, -0.25) is 4.90 Å². The Hall–Kier alpha value is -0.860. The second-order valence-corrected chi connectivity index (χ2v) is 6.20. The maximum atomic E-state index is 6.20. The van der Waals surface area contributed by atoms with Gasteiger partial charge >= 0.3 is 0 Å². The number of nitrogens with zero attached hydrogens (tertiary/aromatic N) is 1. The second-order valence-electron chi connectivity index (χ2n) is 6.20. The highest BCUT2D eigenvalue weighted by Gasteiger charge is 2.37. The quantitative estimate of drug-likeness (QED) is 0.882. The van der Waals surface area contributed by atoms with Crippen molar-refractivity contribution >= 4 is 0 Å². The van der Waals surface area contributed by atoms with E-state index in [-0.39, 0.29) is 5.54 Å². The molecule has 1 aromatic carbocycles. The lowest BCUT2D eigenvalue weighted by molar-refractivity contribution is 0.221. The summed E-state index contributed by atoms with van der Waals surface area (Å²) in [5, 5.41) is 0. The fourth-order valence-corrected chi connectivity index (χ4v) is 2.96. The molecule has 0 radical (unpaired) electrons. The summed E-state index contributed by atoms with van der Waals surface area (Å²) in [7, 11) is 0. The standard InChI is InChI=1S/C16H24N2/c17-16(7-8-16)12-14-5-4-6-15(11-14)13-18-9-2-1-3-10-18/h4-6,11H,1-3,7-10,12-13,17H2. The summed E-state index contributed by atoms with van der Waals surface area (Å²) < 4.78 is 0. The molecule has 1 heterocycles. The lowest BCUT2D eigenvalue weighted by atomic mass is 10.0. The highest BCUT2D eigenvalue weighted by Crippen LogP contribution is 2.35. The number of hydrogen-bond donors (Lipinski definition) is 1. The second kappa shape index (κ2) is 5.02. The Morgan fingerprint density at radius 3 is 2.50 bits per heavy atom. The fraction of sp³-hybridized carbons (Fsp3) is 0.625. The van der Waals surface area contributed by atoms with Crippen LogP contribution in [0.3, 0.4) is 0 Å². The van der Waals surface area contributed by atoms with Gasteiger partial charge in [0.25, 0.3) is 0 Å². The van der Waals surface area contributed by atoms with Crippen LogP contribution in [0.4, 0.5) is 0 Å². The smallest absolute Gasteiger partial charge is 0.0233 e. The number of piperidine rings is 1. The van der Waals surface area contributed by atoms with Gasteiger partial charge in [0, 0.05) is 12.1 Å². The van der Waals surface area contributed by atoms with E-state index in [4.69, 9.17) is 5.73 Å². The Kier molecular flexibility index (Phi) is 3.40. The largest absolute Gasteiger partial charge is 0.325 e. The number of hydrogen-bond acceptors (Lipinski definition) is 2. The molecule has 0 amide bonds. The van der Waals surface area contributed by atoms with Gasteiger partial charge in [-0.1, -0.05) is 30.7 Å². The van der Waals surface area contributed by atoms with Gasteiger partial charge in [0.15, 0.2) is 0 Å². The van der Waals surface area contributed by atoms with Crippen molar-refractivity contribution in [1.82, 2.24) is 4.90 Å². The van der Waals surface area contributed by atoms with Crippen molar-refractivity contribution in [3.63, 3.8) is 0 Å². The first-order valence-electron chi connectivity index (χ1n) is 7.33. The van der Waals surface area contributed by atoms with Crippen LogP contribution in [-0.4, -0.2) is 23.5 Å². The lowest BCUT2D eigenvalue weighted by Gasteiger charge is -2.26. The van der Waals surface area contributed by atoms with Crippen molar-refractivity contribution < 1.29 is 0 Å². The number of benzene rings is 1. The summed E-state index contributed by atoms with van der Waals surface area (Å²) in [4.78, 5) is 2.58. The molecule has 1 aliphatic heterocycles. The molecular formula is C16H24N2. The zero-order valence-corrected chi connectivity index (χ0v) is 11.2. The monoisotopic (exact) mass is 244 g/mol. The molecule has 0 unspecified atom stereocenters. The van der Waals surface area contributed by atoms with Crippen LogP contribution in [0.2, 0.25) is 0 Å². The average Bonchev–Trinajstić information content (AvgIpc) is 3.08. The van der Waals surface area contributed by atoms with Crippen LogP contribution < -0.4 is 5.73 Å². The zero-order chi connectivity index (χ0) is 12.4. The van der Waals surface area contributed by atoms with E-state index in [1.54, 1.807) is 0 Å².